The second-order valence-corrected chi connectivity index (χ2v) is 5.95. The lowest BCUT2D eigenvalue weighted by molar-refractivity contribution is -0.384. The van der Waals surface area contributed by atoms with Crippen molar-refractivity contribution >= 4 is 34.7 Å². The van der Waals surface area contributed by atoms with E-state index in [4.69, 9.17) is 11.6 Å². The van der Waals surface area contributed by atoms with Gasteiger partial charge in [-0.1, -0.05) is 17.7 Å². The lowest BCUT2D eigenvalue weighted by Crippen LogP contribution is -2.20. The summed E-state index contributed by atoms with van der Waals surface area (Å²) in [6.45, 7) is 0.423. The average molecular weight is 371 g/mol. The molecule has 0 saturated carbocycles. The Labute approximate surface area is 154 Å². The maximum atomic E-state index is 11.3. The number of hydrogen-bond acceptors (Lipinski definition) is 7. The molecule has 2 aromatic heterocycles. The molecule has 0 aliphatic rings. The maximum absolute atomic E-state index is 11.3. The molecule has 0 bridgehead atoms. The van der Waals surface area contributed by atoms with Crippen LogP contribution in [0, 0.1) is 10.1 Å². The molecule has 8 nitrogen and oxygen atoms in total. The van der Waals surface area contributed by atoms with Crippen LogP contribution in [0.25, 0.3) is 0 Å². The van der Waals surface area contributed by atoms with Crippen LogP contribution in [0.1, 0.15) is 5.56 Å². The van der Waals surface area contributed by atoms with Gasteiger partial charge in [-0.05, 0) is 35.9 Å². The summed E-state index contributed by atoms with van der Waals surface area (Å²) in [6.07, 6.45) is 4.57. The Bertz CT molecular complexity index is 905. The summed E-state index contributed by atoms with van der Waals surface area (Å²) in [7, 11) is 1.73. The van der Waals surface area contributed by atoms with Gasteiger partial charge < -0.3 is 10.2 Å². The lowest BCUT2D eigenvalue weighted by atomic mass is 10.2. The number of aromatic nitrogens is 3. The molecular weight excluding hydrogens is 356 g/mol. The normalized spacial score (nSPS) is 10.4. The Morgan fingerprint density at radius 2 is 2.00 bits per heavy atom. The molecular formula is C17H15ClN6O2. The summed E-state index contributed by atoms with van der Waals surface area (Å²) in [5.41, 5.74) is 1.47. The standard InChI is InChI=1S/C17H15ClN6O2/c1-23(11-12-3-2-8-19-9-12)16-15(24(25)26)10-20-17(22-16)21-14-6-4-13(18)5-7-14/h2-10H,11H2,1H3,(H,20,21,22). The van der Waals surface area contributed by atoms with Crippen LogP contribution in [0.4, 0.5) is 23.1 Å². The van der Waals surface area contributed by atoms with E-state index in [1.165, 1.54) is 6.20 Å². The molecule has 0 amide bonds. The molecule has 0 fully saturated rings. The first-order chi connectivity index (χ1) is 12.5. The number of nitrogens with one attached hydrogen (secondary N) is 1. The fourth-order valence-corrected chi connectivity index (χ4v) is 2.47. The minimum Gasteiger partial charge on any atom is -0.349 e. The molecule has 26 heavy (non-hydrogen) atoms. The van der Waals surface area contributed by atoms with Crippen molar-refractivity contribution in [1.29, 1.82) is 0 Å². The second kappa shape index (κ2) is 7.75. The highest BCUT2D eigenvalue weighted by atomic mass is 35.5. The molecule has 0 aliphatic carbocycles. The largest absolute Gasteiger partial charge is 0.349 e. The van der Waals surface area contributed by atoms with Crippen LogP contribution in [0.15, 0.2) is 55.0 Å². The third-order valence-corrected chi connectivity index (χ3v) is 3.80. The first-order valence-electron chi connectivity index (χ1n) is 7.67. The molecule has 0 spiro atoms. The lowest BCUT2D eigenvalue weighted by Gasteiger charge is -2.18. The van der Waals surface area contributed by atoms with Gasteiger partial charge in [-0.2, -0.15) is 4.98 Å². The van der Waals surface area contributed by atoms with Crippen molar-refractivity contribution in [3.8, 4) is 0 Å². The fraction of sp³-hybridized carbons (Fsp3) is 0.118. The van der Waals surface area contributed by atoms with Crippen molar-refractivity contribution in [1.82, 2.24) is 15.0 Å². The van der Waals surface area contributed by atoms with Gasteiger partial charge in [0.15, 0.2) is 0 Å². The zero-order valence-corrected chi connectivity index (χ0v) is 14.6. The molecule has 1 N–H and O–H groups in total. The van der Waals surface area contributed by atoms with Crippen molar-refractivity contribution in [3.63, 3.8) is 0 Å². The van der Waals surface area contributed by atoms with E-state index in [2.05, 4.69) is 20.3 Å². The molecule has 0 aliphatic heterocycles. The quantitative estimate of drug-likeness (QED) is 0.520. The van der Waals surface area contributed by atoms with Gasteiger partial charge in [0.05, 0.1) is 4.92 Å². The van der Waals surface area contributed by atoms with E-state index >= 15 is 0 Å². The topological polar surface area (TPSA) is 97.1 Å². The highest BCUT2D eigenvalue weighted by Gasteiger charge is 2.21. The third kappa shape index (κ3) is 4.22. The molecule has 0 radical (unpaired) electrons. The molecule has 0 unspecified atom stereocenters. The van der Waals surface area contributed by atoms with Gasteiger partial charge in [-0.15, -0.1) is 0 Å². The number of nitrogens with zero attached hydrogens (tertiary/aromatic N) is 5. The average Bonchev–Trinajstić information content (AvgIpc) is 2.64. The summed E-state index contributed by atoms with van der Waals surface area (Å²) >= 11 is 5.87. The van der Waals surface area contributed by atoms with Crippen LogP contribution in [-0.4, -0.2) is 26.9 Å². The Morgan fingerprint density at radius 3 is 2.65 bits per heavy atom. The Morgan fingerprint density at radius 1 is 1.23 bits per heavy atom. The highest BCUT2D eigenvalue weighted by Crippen LogP contribution is 2.27. The van der Waals surface area contributed by atoms with E-state index in [-0.39, 0.29) is 17.5 Å². The summed E-state index contributed by atoms with van der Waals surface area (Å²) in [6, 6.07) is 10.7. The van der Waals surface area contributed by atoms with Gasteiger partial charge in [-0.25, -0.2) is 4.98 Å². The van der Waals surface area contributed by atoms with Crippen molar-refractivity contribution in [3.05, 3.63) is 75.7 Å². The van der Waals surface area contributed by atoms with Crippen molar-refractivity contribution < 1.29 is 4.92 Å². The van der Waals surface area contributed by atoms with Gasteiger partial charge in [-0.3, -0.25) is 15.1 Å². The molecule has 2 heterocycles. The fourth-order valence-electron chi connectivity index (χ4n) is 2.34. The van der Waals surface area contributed by atoms with E-state index in [1.54, 1.807) is 48.6 Å². The summed E-state index contributed by atoms with van der Waals surface area (Å²) in [4.78, 5) is 24.9. The van der Waals surface area contributed by atoms with Crippen LogP contribution in [0.3, 0.4) is 0 Å². The first-order valence-corrected chi connectivity index (χ1v) is 8.05. The summed E-state index contributed by atoms with van der Waals surface area (Å²) < 4.78 is 0. The molecule has 3 rings (SSSR count). The molecule has 3 aromatic rings. The molecule has 9 heteroatoms. The number of anilines is 3. The van der Waals surface area contributed by atoms with Gasteiger partial charge >= 0.3 is 5.69 Å². The number of halogens is 1. The number of pyridine rings is 1. The monoisotopic (exact) mass is 370 g/mol. The minimum atomic E-state index is -0.499. The number of nitro groups is 1. The predicted octanol–water partition coefficient (Wildman–Crippen LogP) is 3.81. The maximum Gasteiger partial charge on any atom is 0.329 e. The van der Waals surface area contributed by atoms with E-state index < -0.39 is 4.92 Å². The first kappa shape index (κ1) is 17.6. The highest BCUT2D eigenvalue weighted by molar-refractivity contribution is 6.30. The molecule has 0 saturated heterocycles. The zero-order chi connectivity index (χ0) is 18.5. The second-order valence-electron chi connectivity index (χ2n) is 5.51. The van der Waals surface area contributed by atoms with E-state index in [0.29, 0.717) is 11.6 Å². The van der Waals surface area contributed by atoms with Crippen LogP contribution >= 0.6 is 11.6 Å². The van der Waals surface area contributed by atoms with Crippen LogP contribution < -0.4 is 10.2 Å². The number of hydrogen-bond donors (Lipinski definition) is 1. The van der Waals surface area contributed by atoms with E-state index in [1.807, 2.05) is 12.1 Å². The number of benzene rings is 1. The molecule has 1 aromatic carbocycles. The SMILES string of the molecule is CN(Cc1cccnc1)c1nc(Nc2ccc(Cl)cc2)ncc1[N+](=O)[O-]. The Kier molecular flexibility index (Phi) is 5.23. The van der Waals surface area contributed by atoms with Crippen LogP contribution in [0.2, 0.25) is 5.02 Å². The van der Waals surface area contributed by atoms with Gasteiger partial charge in [0.2, 0.25) is 11.8 Å². The number of rotatable bonds is 6. The van der Waals surface area contributed by atoms with Crippen molar-refractivity contribution in [2.45, 2.75) is 6.54 Å². The van der Waals surface area contributed by atoms with Crippen molar-refractivity contribution in [2.24, 2.45) is 0 Å². The summed E-state index contributed by atoms with van der Waals surface area (Å²) in [5.74, 6) is 0.469. The van der Waals surface area contributed by atoms with Gasteiger partial charge in [0.25, 0.3) is 0 Å². The Hall–Kier alpha value is -3.26. The van der Waals surface area contributed by atoms with E-state index in [9.17, 15) is 10.1 Å². The van der Waals surface area contributed by atoms with Gasteiger partial charge in [0, 0.05) is 36.7 Å². The zero-order valence-electron chi connectivity index (χ0n) is 13.8. The van der Waals surface area contributed by atoms with Gasteiger partial charge in [0.1, 0.15) is 6.20 Å². The molecule has 132 valence electrons. The minimum absolute atomic E-state index is 0.168. The Balaban J connectivity index is 1.88. The summed E-state index contributed by atoms with van der Waals surface area (Å²) in [5, 5.41) is 15.0. The van der Waals surface area contributed by atoms with Crippen LogP contribution in [0.5, 0.6) is 0 Å². The van der Waals surface area contributed by atoms with Crippen LogP contribution in [-0.2, 0) is 6.54 Å². The predicted molar refractivity (Wildman–Crippen MR) is 99.8 cm³/mol. The molecule has 0 atom stereocenters. The third-order valence-electron chi connectivity index (χ3n) is 3.55. The van der Waals surface area contributed by atoms with Crippen molar-refractivity contribution in [2.75, 3.05) is 17.3 Å². The van der Waals surface area contributed by atoms with E-state index in [0.717, 1.165) is 11.3 Å². The smallest absolute Gasteiger partial charge is 0.329 e.